The van der Waals surface area contributed by atoms with Crippen LogP contribution in [-0.2, 0) is 0 Å². The van der Waals surface area contributed by atoms with E-state index < -0.39 is 0 Å². The lowest BCUT2D eigenvalue weighted by molar-refractivity contribution is 0.260. The average molecular weight is 667 g/mol. The number of rotatable bonds is 6. The maximum atomic E-state index is 6.43. The van der Waals surface area contributed by atoms with Crippen molar-refractivity contribution in [1.82, 2.24) is 4.57 Å². The first-order chi connectivity index (χ1) is 25.8. The van der Waals surface area contributed by atoms with E-state index in [1.54, 1.807) is 0 Å². The Balaban J connectivity index is 1.00. The Morgan fingerprint density at radius 2 is 0.962 bits per heavy atom. The van der Waals surface area contributed by atoms with Crippen molar-refractivity contribution in [3.63, 3.8) is 0 Å². The SMILES string of the molecule is c1ccc(-c2cccc3c2NC(c2ccc(-c4ccccc4-c4ccccc4-c4ccc5c(c4)c4ccccc4n5-c4ccccc4)cc2)O3)cc1. The second kappa shape index (κ2) is 12.5. The summed E-state index contributed by atoms with van der Waals surface area (Å²) in [6, 6.07) is 69.3. The van der Waals surface area contributed by atoms with Crippen molar-refractivity contribution in [3.05, 3.63) is 200 Å². The second-order valence-corrected chi connectivity index (χ2v) is 13.3. The van der Waals surface area contributed by atoms with Crippen molar-refractivity contribution in [2.45, 2.75) is 6.23 Å². The molecule has 246 valence electrons. The van der Waals surface area contributed by atoms with Crippen molar-refractivity contribution >= 4 is 27.5 Å². The van der Waals surface area contributed by atoms with Crippen LogP contribution in [0.25, 0.3) is 72.0 Å². The van der Waals surface area contributed by atoms with Gasteiger partial charge < -0.3 is 14.6 Å². The lowest BCUT2D eigenvalue weighted by Gasteiger charge is -2.16. The Kier molecular flexibility index (Phi) is 7.21. The van der Waals surface area contributed by atoms with Crippen molar-refractivity contribution in [2.24, 2.45) is 0 Å². The minimum atomic E-state index is -0.257. The standard InChI is InChI=1S/C49H34N2O/c1-3-14-33(15-4-1)40-23-13-25-47-48(40)50-49(52-47)35-28-26-34(27-29-35)38-18-7-9-20-41(38)42-21-10-8-19-39(42)36-30-31-46-44(32-36)43-22-11-12-24-45(43)51(46)37-16-5-2-6-17-37/h1-32,49-50H. The first-order valence-corrected chi connectivity index (χ1v) is 17.8. The van der Waals surface area contributed by atoms with Gasteiger partial charge in [0.25, 0.3) is 0 Å². The van der Waals surface area contributed by atoms with Gasteiger partial charge in [-0.25, -0.2) is 0 Å². The highest BCUT2D eigenvalue weighted by atomic mass is 16.5. The molecule has 1 atom stereocenters. The minimum Gasteiger partial charge on any atom is -0.464 e. The van der Waals surface area contributed by atoms with Crippen molar-refractivity contribution in [1.29, 1.82) is 0 Å². The summed E-state index contributed by atoms with van der Waals surface area (Å²) in [5.74, 6) is 0.875. The first kappa shape index (κ1) is 30.0. The van der Waals surface area contributed by atoms with Crippen molar-refractivity contribution < 1.29 is 4.74 Å². The number of ether oxygens (including phenoxy) is 1. The van der Waals surface area contributed by atoms with Gasteiger partial charge in [0.05, 0.1) is 16.7 Å². The topological polar surface area (TPSA) is 26.2 Å². The highest BCUT2D eigenvalue weighted by molar-refractivity contribution is 6.11. The highest BCUT2D eigenvalue weighted by Crippen LogP contribution is 2.45. The summed E-state index contributed by atoms with van der Waals surface area (Å²) in [4.78, 5) is 0. The van der Waals surface area contributed by atoms with Crippen LogP contribution in [0.3, 0.4) is 0 Å². The monoisotopic (exact) mass is 666 g/mol. The number of hydrogen-bond acceptors (Lipinski definition) is 2. The van der Waals surface area contributed by atoms with Gasteiger partial charge in [0.15, 0.2) is 6.23 Å². The predicted molar refractivity (Wildman–Crippen MR) is 216 cm³/mol. The Hall–Kier alpha value is -6.84. The molecule has 0 fully saturated rings. The number of nitrogens with one attached hydrogen (secondary N) is 1. The van der Waals surface area contributed by atoms with E-state index in [2.05, 4.69) is 192 Å². The number of para-hydroxylation sites is 3. The normalized spacial score (nSPS) is 13.5. The molecule has 2 heterocycles. The zero-order valence-electron chi connectivity index (χ0n) is 28.4. The van der Waals surface area contributed by atoms with E-state index in [-0.39, 0.29) is 6.23 Å². The number of aromatic nitrogens is 1. The number of hydrogen-bond donors (Lipinski definition) is 1. The summed E-state index contributed by atoms with van der Waals surface area (Å²) in [5.41, 5.74) is 15.2. The van der Waals surface area contributed by atoms with E-state index in [4.69, 9.17) is 4.74 Å². The van der Waals surface area contributed by atoms with Crippen LogP contribution in [0, 0.1) is 0 Å². The molecule has 0 spiro atoms. The van der Waals surface area contributed by atoms with E-state index in [9.17, 15) is 0 Å². The van der Waals surface area contributed by atoms with Crippen LogP contribution in [0.4, 0.5) is 5.69 Å². The molecular formula is C49H34N2O. The van der Waals surface area contributed by atoms with Crippen molar-refractivity contribution in [2.75, 3.05) is 5.32 Å². The lowest BCUT2D eigenvalue weighted by Crippen LogP contribution is -2.10. The molecule has 1 unspecified atom stereocenters. The molecule has 0 aliphatic carbocycles. The molecule has 10 rings (SSSR count). The summed E-state index contributed by atoms with van der Waals surface area (Å²) in [7, 11) is 0. The zero-order valence-corrected chi connectivity index (χ0v) is 28.4. The molecule has 0 bridgehead atoms. The van der Waals surface area contributed by atoms with Gasteiger partial charge in [-0.05, 0) is 75.3 Å². The predicted octanol–water partition coefficient (Wildman–Crippen LogP) is 13.0. The molecule has 0 radical (unpaired) electrons. The molecule has 1 N–H and O–H groups in total. The fourth-order valence-corrected chi connectivity index (χ4v) is 7.85. The Labute approximate surface area is 303 Å². The van der Waals surface area contributed by atoms with Gasteiger partial charge in [-0.2, -0.15) is 0 Å². The van der Waals surface area contributed by atoms with Gasteiger partial charge in [0.1, 0.15) is 5.75 Å². The molecule has 52 heavy (non-hydrogen) atoms. The highest BCUT2D eigenvalue weighted by Gasteiger charge is 2.26. The Morgan fingerprint density at radius 3 is 1.71 bits per heavy atom. The Bertz CT molecular complexity index is 2730. The largest absolute Gasteiger partial charge is 0.464 e. The summed E-state index contributed by atoms with van der Waals surface area (Å²) in [5, 5.41) is 6.15. The molecule has 0 amide bonds. The van der Waals surface area contributed by atoms with Crippen molar-refractivity contribution in [3.8, 4) is 55.9 Å². The number of benzene rings is 8. The zero-order chi connectivity index (χ0) is 34.4. The van der Waals surface area contributed by atoms with Gasteiger partial charge in [0, 0.05) is 27.6 Å². The van der Waals surface area contributed by atoms with E-state index in [0.29, 0.717) is 0 Å². The molecular weight excluding hydrogens is 633 g/mol. The van der Waals surface area contributed by atoms with Gasteiger partial charge in [-0.15, -0.1) is 0 Å². The van der Waals surface area contributed by atoms with E-state index in [1.807, 2.05) is 12.1 Å². The molecule has 3 nitrogen and oxygen atoms in total. The smallest absolute Gasteiger partial charge is 0.196 e. The number of anilines is 1. The summed E-state index contributed by atoms with van der Waals surface area (Å²) in [6.45, 7) is 0. The van der Waals surface area contributed by atoms with Gasteiger partial charge in [0.2, 0.25) is 0 Å². The summed E-state index contributed by atoms with van der Waals surface area (Å²) < 4.78 is 8.80. The van der Waals surface area contributed by atoms with Gasteiger partial charge in [-0.3, -0.25) is 0 Å². The fraction of sp³-hybridized carbons (Fsp3) is 0.0204. The molecule has 9 aromatic rings. The molecule has 0 saturated carbocycles. The first-order valence-electron chi connectivity index (χ1n) is 17.8. The van der Waals surface area contributed by atoms with Crippen LogP contribution >= 0.6 is 0 Å². The van der Waals surface area contributed by atoms with E-state index in [0.717, 1.165) is 28.1 Å². The minimum absolute atomic E-state index is 0.257. The van der Waals surface area contributed by atoms with Crippen LogP contribution in [0.1, 0.15) is 11.8 Å². The molecule has 1 aliphatic heterocycles. The molecule has 1 aromatic heterocycles. The maximum Gasteiger partial charge on any atom is 0.196 e. The van der Waals surface area contributed by atoms with E-state index in [1.165, 1.54) is 60.9 Å². The number of nitrogens with zero attached hydrogens (tertiary/aromatic N) is 1. The van der Waals surface area contributed by atoms with Crippen LogP contribution in [0.2, 0.25) is 0 Å². The molecule has 8 aromatic carbocycles. The van der Waals surface area contributed by atoms with Crippen LogP contribution in [-0.4, -0.2) is 4.57 Å². The summed E-state index contributed by atoms with van der Waals surface area (Å²) in [6.07, 6.45) is -0.257. The third-order valence-corrected chi connectivity index (χ3v) is 10.3. The average Bonchev–Trinajstić information content (AvgIpc) is 3.81. The maximum absolute atomic E-state index is 6.43. The van der Waals surface area contributed by atoms with Crippen LogP contribution < -0.4 is 10.1 Å². The lowest BCUT2D eigenvalue weighted by atomic mass is 9.89. The quantitative estimate of drug-likeness (QED) is 0.191. The third-order valence-electron chi connectivity index (χ3n) is 10.3. The molecule has 1 aliphatic rings. The van der Waals surface area contributed by atoms with Gasteiger partial charge in [-0.1, -0.05) is 158 Å². The van der Waals surface area contributed by atoms with E-state index >= 15 is 0 Å². The van der Waals surface area contributed by atoms with Gasteiger partial charge >= 0.3 is 0 Å². The Morgan fingerprint density at radius 1 is 0.404 bits per heavy atom. The molecule has 3 heteroatoms. The van der Waals surface area contributed by atoms with Crippen LogP contribution in [0.15, 0.2) is 194 Å². The molecule has 0 saturated heterocycles. The third kappa shape index (κ3) is 5.06. The van der Waals surface area contributed by atoms with Crippen LogP contribution in [0.5, 0.6) is 5.75 Å². The second-order valence-electron chi connectivity index (χ2n) is 13.3. The number of fused-ring (bicyclic) bond motifs is 4. The fourth-order valence-electron chi connectivity index (χ4n) is 7.85. The summed E-state index contributed by atoms with van der Waals surface area (Å²) >= 11 is 0.